The molecule has 0 radical (unpaired) electrons. The molecule has 162 valence electrons. The van der Waals surface area contributed by atoms with E-state index < -0.39 is 0 Å². The van der Waals surface area contributed by atoms with E-state index in [4.69, 9.17) is 9.97 Å². The fourth-order valence-electron chi connectivity index (χ4n) is 3.79. The van der Waals surface area contributed by atoms with Gasteiger partial charge in [-0.05, 0) is 43.9 Å². The van der Waals surface area contributed by atoms with Crippen LogP contribution in [0.5, 0.6) is 0 Å². The maximum atomic E-state index is 13.5. The Morgan fingerprint density at radius 1 is 1.06 bits per heavy atom. The normalized spacial score (nSPS) is 13.1. The summed E-state index contributed by atoms with van der Waals surface area (Å²) in [4.78, 5) is 26.4. The van der Waals surface area contributed by atoms with E-state index in [1.54, 1.807) is 6.20 Å². The van der Waals surface area contributed by atoms with Gasteiger partial charge in [0, 0.05) is 11.7 Å². The van der Waals surface area contributed by atoms with Crippen molar-refractivity contribution in [3.05, 3.63) is 53.6 Å². The topological polar surface area (TPSA) is 88.5 Å². The number of pyridine rings is 1. The summed E-state index contributed by atoms with van der Waals surface area (Å²) in [5.41, 5.74) is 4.08. The second kappa shape index (κ2) is 8.13. The summed E-state index contributed by atoms with van der Waals surface area (Å²) in [5, 5.41) is 8.47. The van der Waals surface area contributed by atoms with Gasteiger partial charge < -0.3 is 10.3 Å². The van der Waals surface area contributed by atoms with Gasteiger partial charge in [-0.2, -0.15) is 5.10 Å². The number of hydrogen-bond acceptors (Lipinski definition) is 4. The summed E-state index contributed by atoms with van der Waals surface area (Å²) in [7, 11) is 0. The number of benzene rings is 1. The zero-order chi connectivity index (χ0) is 22.3. The van der Waals surface area contributed by atoms with Crippen LogP contribution in [0.2, 0.25) is 0 Å². The number of H-pyrrole nitrogens is 1. The second-order valence-corrected chi connectivity index (χ2v) is 9.00. The quantitative estimate of drug-likeness (QED) is 0.454. The van der Waals surface area contributed by atoms with Crippen LogP contribution in [0.25, 0.3) is 22.1 Å². The number of para-hydroxylation sites is 2. The molecule has 0 aliphatic rings. The lowest BCUT2D eigenvalue weighted by atomic mass is 10.0. The van der Waals surface area contributed by atoms with Crippen molar-refractivity contribution in [1.82, 2.24) is 30.0 Å². The maximum absolute atomic E-state index is 13.5. The standard InChI is InChI=1S/C24H30N6O/c1-13(2)20-11-16(17-12-25-30(15(5)6)23(17)28-20)24(31)29-21(14(3)4)22-26-18-9-7-8-10-19(18)27-22/h7-15,21H,1-6H3,(H,26,27)(H,29,31). The highest BCUT2D eigenvalue weighted by Gasteiger charge is 2.25. The smallest absolute Gasteiger partial charge is 0.252 e. The first-order valence-corrected chi connectivity index (χ1v) is 10.9. The number of rotatable bonds is 6. The Morgan fingerprint density at radius 3 is 2.45 bits per heavy atom. The SMILES string of the molecule is CC(C)c1cc(C(=O)NC(c2nc3ccccc3[nH]2)C(C)C)c2cnn(C(C)C)c2n1. The molecule has 0 fully saturated rings. The minimum absolute atomic E-state index is 0.142. The molecule has 1 aromatic carbocycles. The number of carbonyl (C=O) groups excluding carboxylic acids is 1. The van der Waals surface area contributed by atoms with E-state index in [9.17, 15) is 4.79 Å². The number of nitrogens with zero attached hydrogens (tertiary/aromatic N) is 4. The monoisotopic (exact) mass is 418 g/mol. The highest BCUT2D eigenvalue weighted by molar-refractivity contribution is 6.05. The van der Waals surface area contributed by atoms with Crippen LogP contribution in [0.3, 0.4) is 0 Å². The van der Waals surface area contributed by atoms with Crippen LogP contribution < -0.4 is 5.32 Å². The second-order valence-electron chi connectivity index (χ2n) is 9.00. The van der Waals surface area contributed by atoms with Gasteiger partial charge in [-0.25, -0.2) is 14.6 Å². The van der Waals surface area contributed by atoms with Crippen LogP contribution in [0.1, 0.15) is 81.4 Å². The van der Waals surface area contributed by atoms with Crippen molar-refractivity contribution in [3.63, 3.8) is 0 Å². The van der Waals surface area contributed by atoms with E-state index >= 15 is 0 Å². The van der Waals surface area contributed by atoms with Crippen LogP contribution >= 0.6 is 0 Å². The third kappa shape index (κ3) is 3.92. The van der Waals surface area contributed by atoms with Gasteiger partial charge >= 0.3 is 0 Å². The van der Waals surface area contributed by atoms with Crippen LogP contribution in [0, 0.1) is 5.92 Å². The zero-order valence-corrected chi connectivity index (χ0v) is 19.0. The van der Waals surface area contributed by atoms with Crippen LogP contribution in [0.4, 0.5) is 0 Å². The molecule has 31 heavy (non-hydrogen) atoms. The molecule has 3 aromatic heterocycles. The molecule has 7 nitrogen and oxygen atoms in total. The van der Waals surface area contributed by atoms with Crippen molar-refractivity contribution < 1.29 is 4.79 Å². The van der Waals surface area contributed by atoms with Crippen molar-refractivity contribution in [3.8, 4) is 0 Å². The first-order chi connectivity index (χ1) is 14.8. The molecular formula is C24H30N6O. The van der Waals surface area contributed by atoms with Crippen molar-refractivity contribution in [2.45, 2.75) is 59.5 Å². The maximum Gasteiger partial charge on any atom is 0.252 e. The lowest BCUT2D eigenvalue weighted by molar-refractivity contribution is 0.0925. The van der Waals surface area contributed by atoms with Crippen molar-refractivity contribution in [2.24, 2.45) is 5.92 Å². The Kier molecular flexibility index (Phi) is 5.52. The van der Waals surface area contributed by atoms with Gasteiger partial charge in [0.05, 0.1) is 34.2 Å². The molecule has 0 saturated carbocycles. The largest absolute Gasteiger partial charge is 0.342 e. The highest BCUT2D eigenvalue weighted by Crippen LogP contribution is 2.27. The molecule has 0 spiro atoms. The minimum atomic E-state index is -0.245. The van der Waals surface area contributed by atoms with E-state index in [1.807, 2.05) is 35.0 Å². The number of hydrogen-bond donors (Lipinski definition) is 2. The van der Waals surface area contributed by atoms with E-state index in [0.29, 0.717) is 5.56 Å². The van der Waals surface area contributed by atoms with Gasteiger partial charge in [0.25, 0.3) is 5.91 Å². The third-order valence-electron chi connectivity index (χ3n) is 5.57. The summed E-state index contributed by atoms with van der Waals surface area (Å²) < 4.78 is 1.87. The van der Waals surface area contributed by atoms with E-state index in [2.05, 4.69) is 56.9 Å². The first kappa shape index (κ1) is 21.0. The number of aromatic nitrogens is 5. The van der Waals surface area contributed by atoms with Gasteiger partial charge in [-0.1, -0.05) is 39.8 Å². The first-order valence-electron chi connectivity index (χ1n) is 10.9. The van der Waals surface area contributed by atoms with Crippen molar-refractivity contribution >= 4 is 28.0 Å². The molecule has 0 aliphatic carbocycles. The lowest BCUT2D eigenvalue weighted by Crippen LogP contribution is -2.32. The average Bonchev–Trinajstić information content (AvgIpc) is 3.34. The summed E-state index contributed by atoms with van der Waals surface area (Å²) in [6, 6.07) is 9.70. The fourth-order valence-corrected chi connectivity index (χ4v) is 3.79. The molecule has 4 aromatic rings. The Labute approximate surface area is 182 Å². The molecule has 4 rings (SSSR count). The van der Waals surface area contributed by atoms with Gasteiger partial charge in [0.2, 0.25) is 0 Å². The van der Waals surface area contributed by atoms with E-state index in [0.717, 1.165) is 33.6 Å². The Balaban J connectivity index is 1.75. The molecule has 1 unspecified atom stereocenters. The van der Waals surface area contributed by atoms with Crippen molar-refractivity contribution in [2.75, 3.05) is 0 Å². The molecule has 0 saturated heterocycles. The van der Waals surface area contributed by atoms with E-state index in [-0.39, 0.29) is 29.8 Å². The van der Waals surface area contributed by atoms with Gasteiger partial charge in [-0.15, -0.1) is 0 Å². The summed E-state index contributed by atoms with van der Waals surface area (Å²) in [5.74, 6) is 0.973. The number of amides is 1. The summed E-state index contributed by atoms with van der Waals surface area (Å²) in [6.45, 7) is 12.4. The molecule has 3 heterocycles. The Morgan fingerprint density at radius 2 is 1.81 bits per heavy atom. The van der Waals surface area contributed by atoms with Crippen molar-refractivity contribution in [1.29, 1.82) is 0 Å². The zero-order valence-electron chi connectivity index (χ0n) is 19.0. The van der Waals surface area contributed by atoms with E-state index in [1.165, 1.54) is 0 Å². The van der Waals surface area contributed by atoms with Gasteiger partial charge in [0.15, 0.2) is 5.65 Å². The predicted molar refractivity (Wildman–Crippen MR) is 123 cm³/mol. The summed E-state index contributed by atoms with van der Waals surface area (Å²) in [6.07, 6.45) is 1.74. The Hall–Kier alpha value is -3.22. The number of imidazole rings is 1. The fraction of sp³-hybridized carbons (Fsp3) is 0.417. The molecular weight excluding hydrogens is 388 g/mol. The lowest BCUT2D eigenvalue weighted by Gasteiger charge is -2.21. The molecule has 1 amide bonds. The van der Waals surface area contributed by atoms with Crippen LogP contribution in [0.15, 0.2) is 36.5 Å². The number of fused-ring (bicyclic) bond motifs is 2. The molecule has 1 atom stereocenters. The Bertz CT molecular complexity index is 1200. The number of aromatic amines is 1. The highest BCUT2D eigenvalue weighted by atomic mass is 16.1. The number of nitrogens with one attached hydrogen (secondary N) is 2. The predicted octanol–water partition coefficient (Wildman–Crippen LogP) is 5.14. The van der Waals surface area contributed by atoms with Crippen LogP contribution in [-0.4, -0.2) is 30.6 Å². The average molecular weight is 419 g/mol. The van der Waals surface area contributed by atoms with Crippen LogP contribution in [-0.2, 0) is 0 Å². The van der Waals surface area contributed by atoms with Gasteiger partial charge in [0.1, 0.15) is 5.82 Å². The molecule has 7 heteroatoms. The molecule has 0 bridgehead atoms. The summed E-state index contributed by atoms with van der Waals surface area (Å²) >= 11 is 0. The molecule has 0 aliphatic heterocycles. The number of carbonyl (C=O) groups is 1. The third-order valence-corrected chi connectivity index (χ3v) is 5.57. The van der Waals surface area contributed by atoms with Gasteiger partial charge in [-0.3, -0.25) is 4.79 Å². The minimum Gasteiger partial charge on any atom is -0.342 e. The molecule has 2 N–H and O–H groups in total.